The number of ether oxygens (including phenoxy) is 1. The predicted molar refractivity (Wildman–Crippen MR) is 74.8 cm³/mol. The summed E-state index contributed by atoms with van der Waals surface area (Å²) in [7, 11) is 0. The zero-order valence-corrected chi connectivity index (χ0v) is 17.8. The molecule has 26 heteroatoms. The topological polar surface area (TPSA) is 12.5 Å². The van der Waals surface area contributed by atoms with Crippen LogP contribution in [0.2, 0.25) is 0 Å². The molecule has 1 saturated heterocycles. The Morgan fingerprint density at radius 2 is 0.537 bits per heavy atom. The lowest BCUT2D eigenvalue weighted by Gasteiger charge is -2.45. The molecule has 1 atom stereocenters. The molecule has 0 aliphatic carbocycles. The number of epoxide rings is 1. The molecule has 0 aromatic heterocycles. The Morgan fingerprint density at radius 3 is 0.732 bits per heavy atom. The molecule has 1 rings (SSSR count). The van der Waals surface area contributed by atoms with Gasteiger partial charge >= 0.3 is 71.3 Å². The Kier molecular flexibility index (Phi) is 8.27. The van der Waals surface area contributed by atoms with E-state index in [2.05, 4.69) is 4.74 Å². The van der Waals surface area contributed by atoms with Crippen LogP contribution >= 0.6 is 0 Å². The Morgan fingerprint density at radius 1 is 0.341 bits per heavy atom. The first-order valence-corrected chi connectivity index (χ1v) is 9.17. The van der Waals surface area contributed by atoms with Gasteiger partial charge in [0.15, 0.2) is 0 Å². The maximum Gasteiger partial charge on any atom is 0.460 e. The monoisotopic (exact) mass is 676 g/mol. The van der Waals surface area contributed by atoms with Crippen molar-refractivity contribution in [1.82, 2.24) is 0 Å². The predicted octanol–water partition coefficient (Wildman–Crippen LogP) is 8.33. The van der Waals surface area contributed by atoms with Gasteiger partial charge in [-0.2, -0.15) is 110 Å². The molecule has 1 aliphatic rings. The zero-order chi connectivity index (χ0) is 33.7. The third-order valence-corrected chi connectivity index (χ3v) is 5.25. The maximum absolute atomic E-state index is 13.6. The van der Waals surface area contributed by atoms with Crippen LogP contribution in [0.4, 0.5) is 110 Å². The molecule has 1 nitrogen and oxygen atoms in total. The molecule has 41 heavy (non-hydrogen) atoms. The molecule has 0 radical (unpaired) electrons. The van der Waals surface area contributed by atoms with Crippen LogP contribution in [0, 0.1) is 0 Å². The van der Waals surface area contributed by atoms with E-state index >= 15 is 0 Å². The summed E-state index contributed by atoms with van der Waals surface area (Å²) in [5, 5.41) is 0. The normalized spacial score (nSPS) is 20.0. The molecule has 0 amide bonds. The van der Waals surface area contributed by atoms with E-state index in [1.165, 1.54) is 0 Å². The van der Waals surface area contributed by atoms with Crippen LogP contribution in [-0.2, 0) is 4.74 Å². The van der Waals surface area contributed by atoms with Gasteiger partial charge in [-0.05, 0) is 0 Å². The third kappa shape index (κ3) is 4.53. The summed E-state index contributed by atoms with van der Waals surface area (Å²) in [4.78, 5) is 0. The van der Waals surface area contributed by atoms with E-state index in [9.17, 15) is 110 Å². The van der Waals surface area contributed by atoms with Crippen molar-refractivity contribution >= 4 is 0 Å². The number of hydrogen-bond donors (Lipinski definition) is 0. The van der Waals surface area contributed by atoms with Crippen molar-refractivity contribution in [2.24, 2.45) is 0 Å². The van der Waals surface area contributed by atoms with Crippen molar-refractivity contribution in [2.45, 2.75) is 83.8 Å². The van der Waals surface area contributed by atoms with E-state index in [0.717, 1.165) is 0 Å². The second-order valence-electron chi connectivity index (χ2n) is 8.11. The second-order valence-corrected chi connectivity index (χ2v) is 8.11. The van der Waals surface area contributed by atoms with Crippen molar-refractivity contribution in [3.05, 3.63) is 0 Å². The average molecular weight is 676 g/mol. The van der Waals surface area contributed by atoms with Crippen molar-refractivity contribution in [3.63, 3.8) is 0 Å². The molecule has 0 N–H and O–H groups in total. The first kappa shape index (κ1) is 37.2. The molecule has 0 aromatic carbocycles. The van der Waals surface area contributed by atoms with Crippen molar-refractivity contribution in [1.29, 1.82) is 0 Å². The summed E-state index contributed by atoms with van der Waals surface area (Å²) in [6, 6.07) is 0. The number of halogens is 25. The van der Waals surface area contributed by atoms with Gasteiger partial charge in [0.1, 0.15) is 0 Å². The Balaban J connectivity index is 3.81. The summed E-state index contributed by atoms with van der Waals surface area (Å²) in [5.74, 6) is -97.8. The fourth-order valence-electron chi connectivity index (χ4n) is 2.59. The minimum absolute atomic E-state index is 1.02. The van der Waals surface area contributed by atoms with Crippen LogP contribution in [0.1, 0.15) is 6.42 Å². The summed E-state index contributed by atoms with van der Waals surface area (Å²) in [5.41, 5.74) is 0. The molecular weight excluding hydrogens is 671 g/mol. The highest BCUT2D eigenvalue weighted by Crippen LogP contribution is 2.68. The van der Waals surface area contributed by atoms with Gasteiger partial charge in [-0.15, -0.1) is 0 Å². The Bertz CT molecular complexity index is 968. The summed E-state index contributed by atoms with van der Waals surface area (Å²) >= 11 is 0. The highest BCUT2D eigenvalue weighted by molar-refractivity contribution is 5.19. The zero-order valence-electron chi connectivity index (χ0n) is 17.8. The van der Waals surface area contributed by atoms with Crippen LogP contribution < -0.4 is 0 Å². The molecule has 0 aromatic rings. The molecule has 1 unspecified atom stereocenters. The molecular formula is C15H5F25O. The summed E-state index contributed by atoms with van der Waals surface area (Å²) in [6.07, 6.45) is -13.2. The molecule has 1 aliphatic heterocycles. The standard InChI is InChI=1S/C15H5F25O/c16-4(17,1-3-2-41-3)5(18,19)6(20,21)7(22,23)8(24,25)9(26,27)10(28,29)11(30,31)12(32,33)13(34,35)14(36,37)15(38,39)40/h3H,1-2H2. The van der Waals surface area contributed by atoms with Gasteiger partial charge in [-0.25, -0.2) is 0 Å². The lowest BCUT2D eigenvalue weighted by molar-refractivity contribution is -0.482. The van der Waals surface area contributed by atoms with Gasteiger partial charge in [0.2, 0.25) is 0 Å². The van der Waals surface area contributed by atoms with E-state index in [4.69, 9.17) is 0 Å². The van der Waals surface area contributed by atoms with E-state index in [0.29, 0.717) is 0 Å². The van der Waals surface area contributed by atoms with Gasteiger partial charge in [0, 0.05) is 6.42 Å². The van der Waals surface area contributed by atoms with Crippen molar-refractivity contribution in [2.75, 3.05) is 6.61 Å². The molecule has 1 fully saturated rings. The van der Waals surface area contributed by atoms with E-state index in [1.807, 2.05) is 0 Å². The Labute approximate surface area is 206 Å². The quantitative estimate of drug-likeness (QED) is 0.150. The largest absolute Gasteiger partial charge is 0.460 e. The number of rotatable bonds is 12. The minimum Gasteiger partial charge on any atom is -0.373 e. The molecule has 0 spiro atoms. The molecule has 246 valence electrons. The van der Waals surface area contributed by atoms with Crippen molar-refractivity contribution in [3.8, 4) is 0 Å². The van der Waals surface area contributed by atoms with Crippen LogP contribution in [0.3, 0.4) is 0 Å². The van der Waals surface area contributed by atoms with Gasteiger partial charge in [0.05, 0.1) is 12.7 Å². The summed E-state index contributed by atoms with van der Waals surface area (Å²) in [6.45, 7) is -1.02. The summed E-state index contributed by atoms with van der Waals surface area (Å²) < 4.78 is 335. The van der Waals surface area contributed by atoms with Gasteiger partial charge in [-0.3, -0.25) is 0 Å². The van der Waals surface area contributed by atoms with Gasteiger partial charge in [-0.1, -0.05) is 0 Å². The van der Waals surface area contributed by atoms with Gasteiger partial charge in [0.25, 0.3) is 0 Å². The van der Waals surface area contributed by atoms with Crippen molar-refractivity contribution < 1.29 is 114 Å². The van der Waals surface area contributed by atoms with Crippen LogP contribution in [0.15, 0.2) is 0 Å². The lowest BCUT2D eigenvalue weighted by atomic mass is 9.84. The minimum atomic E-state index is -9.57. The smallest absolute Gasteiger partial charge is 0.373 e. The lowest BCUT2D eigenvalue weighted by Crippen LogP contribution is -2.78. The molecule has 0 bridgehead atoms. The Hall–Kier alpha value is -1.79. The number of alkyl halides is 25. The van der Waals surface area contributed by atoms with Crippen LogP contribution in [0.25, 0.3) is 0 Å². The SMILES string of the molecule is FC(F)(F)C(F)(F)C(F)(F)C(F)(F)C(F)(F)C(F)(F)C(F)(F)C(F)(F)C(F)(F)C(F)(F)C(F)(F)C(F)(F)CC1CO1. The fourth-order valence-corrected chi connectivity index (χ4v) is 2.59. The highest BCUT2D eigenvalue weighted by atomic mass is 19.4. The van der Waals surface area contributed by atoms with E-state index in [1.54, 1.807) is 0 Å². The number of hydrogen-bond acceptors (Lipinski definition) is 1. The highest BCUT2D eigenvalue weighted by Gasteiger charge is 2.99. The average Bonchev–Trinajstić information content (AvgIpc) is 3.54. The first-order valence-electron chi connectivity index (χ1n) is 9.17. The van der Waals surface area contributed by atoms with Gasteiger partial charge < -0.3 is 4.74 Å². The molecule has 0 saturated carbocycles. The maximum atomic E-state index is 13.6. The fraction of sp³-hybridized carbons (Fsp3) is 1.00. The van der Waals surface area contributed by atoms with E-state index < -0.39 is 90.5 Å². The van der Waals surface area contributed by atoms with E-state index in [-0.39, 0.29) is 0 Å². The molecule has 1 heterocycles. The van der Waals surface area contributed by atoms with Crippen LogP contribution in [-0.4, -0.2) is 84.0 Å². The third-order valence-electron chi connectivity index (χ3n) is 5.25. The first-order chi connectivity index (χ1) is 17.3. The van der Waals surface area contributed by atoms with Crippen LogP contribution in [0.5, 0.6) is 0 Å². The second kappa shape index (κ2) is 9.11.